The van der Waals surface area contributed by atoms with Crippen LogP contribution in [-0.4, -0.2) is 51.3 Å². The number of carboxylic acid groups (broad SMARTS) is 1. The number of carbonyl (C=O) groups excluding carboxylic acids is 1. The molecule has 0 bridgehead atoms. The second kappa shape index (κ2) is 5.24. The van der Waals surface area contributed by atoms with Gasteiger partial charge in [-0.15, -0.1) is 0 Å². The molecule has 0 spiro atoms. The van der Waals surface area contributed by atoms with Gasteiger partial charge in [0.25, 0.3) is 0 Å². The van der Waals surface area contributed by atoms with Crippen molar-refractivity contribution >= 4 is 12.0 Å². The molecule has 20 heavy (non-hydrogen) atoms. The lowest BCUT2D eigenvalue weighted by molar-refractivity contribution is -0.144. The summed E-state index contributed by atoms with van der Waals surface area (Å²) in [6.07, 6.45) is 3.60. The molecule has 2 fully saturated rings. The Labute approximate surface area is 119 Å². The highest BCUT2D eigenvalue weighted by atomic mass is 16.4. The van der Waals surface area contributed by atoms with Crippen LogP contribution in [0.15, 0.2) is 0 Å². The zero-order chi connectivity index (χ0) is 15.0. The molecule has 1 aliphatic heterocycles. The first kappa shape index (κ1) is 15.1. The summed E-state index contributed by atoms with van der Waals surface area (Å²) < 4.78 is 0. The van der Waals surface area contributed by atoms with Gasteiger partial charge in [0.15, 0.2) is 0 Å². The standard InChI is InChI=1S/C14H24N2O4/c1-13(20)6-3-8-16(9-7-13)12(19)15-14(2,11(17)18)10-4-5-10/h10,20H,3-9H2,1-2H3,(H,15,19)(H,17,18). The maximum atomic E-state index is 12.3. The van der Waals surface area contributed by atoms with E-state index in [-0.39, 0.29) is 11.9 Å². The molecule has 2 aliphatic rings. The zero-order valence-electron chi connectivity index (χ0n) is 12.2. The van der Waals surface area contributed by atoms with Crippen molar-refractivity contribution in [2.45, 2.75) is 57.1 Å². The highest BCUT2D eigenvalue weighted by Gasteiger charge is 2.49. The number of nitrogens with one attached hydrogen (secondary N) is 1. The molecule has 2 atom stereocenters. The lowest BCUT2D eigenvalue weighted by atomic mass is 9.96. The molecular formula is C14H24N2O4. The number of urea groups is 1. The van der Waals surface area contributed by atoms with Crippen molar-refractivity contribution in [3.63, 3.8) is 0 Å². The monoisotopic (exact) mass is 284 g/mol. The van der Waals surface area contributed by atoms with Gasteiger partial charge in [0.2, 0.25) is 0 Å². The Bertz CT molecular complexity index is 406. The molecule has 6 heteroatoms. The molecule has 0 aromatic carbocycles. The maximum absolute atomic E-state index is 12.3. The molecule has 1 saturated carbocycles. The molecule has 1 saturated heterocycles. The summed E-state index contributed by atoms with van der Waals surface area (Å²) in [7, 11) is 0. The maximum Gasteiger partial charge on any atom is 0.329 e. The Morgan fingerprint density at radius 1 is 1.30 bits per heavy atom. The second-order valence-electron chi connectivity index (χ2n) is 6.55. The zero-order valence-corrected chi connectivity index (χ0v) is 12.2. The van der Waals surface area contributed by atoms with Gasteiger partial charge in [-0.2, -0.15) is 0 Å². The van der Waals surface area contributed by atoms with E-state index in [1.807, 2.05) is 0 Å². The topological polar surface area (TPSA) is 89.9 Å². The Kier molecular flexibility index (Phi) is 3.95. The van der Waals surface area contributed by atoms with Gasteiger partial charge in [0.1, 0.15) is 5.54 Å². The van der Waals surface area contributed by atoms with Crippen LogP contribution >= 0.6 is 0 Å². The van der Waals surface area contributed by atoms with Crippen LogP contribution in [0.4, 0.5) is 4.79 Å². The van der Waals surface area contributed by atoms with Crippen molar-refractivity contribution < 1.29 is 19.8 Å². The normalized spacial score (nSPS) is 30.2. The van der Waals surface area contributed by atoms with Gasteiger partial charge in [0, 0.05) is 13.1 Å². The third kappa shape index (κ3) is 3.23. The minimum Gasteiger partial charge on any atom is -0.480 e. The van der Waals surface area contributed by atoms with Crippen molar-refractivity contribution in [1.82, 2.24) is 10.2 Å². The summed E-state index contributed by atoms with van der Waals surface area (Å²) >= 11 is 0. The van der Waals surface area contributed by atoms with E-state index in [0.29, 0.717) is 25.9 Å². The third-order valence-electron chi connectivity index (χ3n) is 4.56. The average Bonchev–Trinajstić information content (AvgIpc) is 3.15. The largest absolute Gasteiger partial charge is 0.480 e. The molecule has 2 rings (SSSR count). The van der Waals surface area contributed by atoms with Crippen LogP contribution in [0.3, 0.4) is 0 Å². The highest BCUT2D eigenvalue weighted by molar-refractivity contribution is 5.86. The van der Waals surface area contributed by atoms with E-state index >= 15 is 0 Å². The summed E-state index contributed by atoms with van der Waals surface area (Å²) in [6.45, 7) is 4.38. The molecule has 2 amide bonds. The Hall–Kier alpha value is -1.30. The number of nitrogens with zero attached hydrogens (tertiary/aromatic N) is 1. The second-order valence-corrected chi connectivity index (χ2v) is 6.55. The summed E-state index contributed by atoms with van der Waals surface area (Å²) in [5, 5.41) is 22.1. The van der Waals surface area contributed by atoms with Crippen LogP contribution in [0, 0.1) is 5.92 Å². The van der Waals surface area contributed by atoms with Gasteiger partial charge in [-0.3, -0.25) is 0 Å². The first-order chi connectivity index (χ1) is 9.24. The number of hydrogen-bond acceptors (Lipinski definition) is 3. The fraction of sp³-hybridized carbons (Fsp3) is 0.857. The minimum absolute atomic E-state index is 0.0269. The number of hydrogen-bond donors (Lipinski definition) is 3. The van der Waals surface area contributed by atoms with E-state index in [9.17, 15) is 19.8 Å². The third-order valence-corrected chi connectivity index (χ3v) is 4.56. The van der Waals surface area contributed by atoms with Crippen LogP contribution in [0.25, 0.3) is 0 Å². The SMILES string of the molecule is CC1(O)CCCN(C(=O)NC(C)(C(=O)O)C2CC2)CC1. The molecule has 1 heterocycles. The quantitative estimate of drug-likeness (QED) is 0.726. The summed E-state index contributed by atoms with van der Waals surface area (Å²) in [4.78, 5) is 25.3. The van der Waals surface area contributed by atoms with Crippen molar-refractivity contribution in [3.05, 3.63) is 0 Å². The fourth-order valence-electron chi connectivity index (χ4n) is 2.76. The Morgan fingerprint density at radius 2 is 1.95 bits per heavy atom. The van der Waals surface area contributed by atoms with Gasteiger partial charge in [-0.05, 0) is 51.9 Å². The van der Waals surface area contributed by atoms with Crippen LogP contribution < -0.4 is 5.32 Å². The number of aliphatic carboxylic acids is 1. The molecular weight excluding hydrogens is 260 g/mol. The van der Waals surface area contributed by atoms with Crippen molar-refractivity contribution in [3.8, 4) is 0 Å². The molecule has 114 valence electrons. The van der Waals surface area contributed by atoms with Crippen molar-refractivity contribution in [2.75, 3.05) is 13.1 Å². The molecule has 3 N–H and O–H groups in total. The van der Waals surface area contributed by atoms with E-state index in [1.165, 1.54) is 0 Å². The molecule has 1 aliphatic carbocycles. The number of carbonyl (C=O) groups is 2. The lowest BCUT2D eigenvalue weighted by Gasteiger charge is -2.30. The van der Waals surface area contributed by atoms with E-state index in [4.69, 9.17) is 0 Å². The van der Waals surface area contributed by atoms with Crippen molar-refractivity contribution in [2.24, 2.45) is 5.92 Å². The van der Waals surface area contributed by atoms with Crippen molar-refractivity contribution in [1.29, 1.82) is 0 Å². The van der Waals surface area contributed by atoms with Gasteiger partial charge < -0.3 is 20.4 Å². The summed E-state index contributed by atoms with van der Waals surface area (Å²) in [5.41, 5.74) is -1.91. The van der Waals surface area contributed by atoms with Crippen LogP contribution in [0.2, 0.25) is 0 Å². The fourth-order valence-corrected chi connectivity index (χ4v) is 2.76. The lowest BCUT2D eigenvalue weighted by Crippen LogP contribution is -2.57. The first-order valence-electron chi connectivity index (χ1n) is 7.27. The van der Waals surface area contributed by atoms with E-state index in [1.54, 1.807) is 18.7 Å². The van der Waals surface area contributed by atoms with E-state index in [2.05, 4.69) is 5.32 Å². The van der Waals surface area contributed by atoms with Gasteiger partial charge >= 0.3 is 12.0 Å². The summed E-state index contributed by atoms with van der Waals surface area (Å²) in [6, 6.07) is -0.334. The molecule has 0 aromatic rings. The number of likely N-dealkylation sites (tertiary alicyclic amines) is 1. The van der Waals surface area contributed by atoms with E-state index in [0.717, 1.165) is 19.3 Å². The number of amides is 2. The van der Waals surface area contributed by atoms with Gasteiger partial charge in [-0.25, -0.2) is 9.59 Å². The molecule has 0 radical (unpaired) electrons. The van der Waals surface area contributed by atoms with Gasteiger partial charge in [-0.1, -0.05) is 0 Å². The smallest absolute Gasteiger partial charge is 0.329 e. The number of carboxylic acids is 1. The predicted octanol–water partition coefficient (Wildman–Crippen LogP) is 1.19. The van der Waals surface area contributed by atoms with Gasteiger partial charge in [0.05, 0.1) is 5.60 Å². The molecule has 6 nitrogen and oxygen atoms in total. The van der Waals surface area contributed by atoms with Crippen LogP contribution in [0.1, 0.15) is 46.0 Å². The van der Waals surface area contributed by atoms with Crippen LogP contribution in [0.5, 0.6) is 0 Å². The van der Waals surface area contributed by atoms with Crippen LogP contribution in [-0.2, 0) is 4.79 Å². The average molecular weight is 284 g/mol. The Balaban J connectivity index is 1.99. The van der Waals surface area contributed by atoms with E-state index < -0.39 is 17.1 Å². The minimum atomic E-state index is -1.17. The predicted molar refractivity (Wildman–Crippen MR) is 73.3 cm³/mol. The molecule has 2 unspecified atom stereocenters. The summed E-state index contributed by atoms with van der Waals surface area (Å²) in [5.74, 6) is -0.950. The number of aliphatic hydroxyl groups is 1. The highest BCUT2D eigenvalue weighted by Crippen LogP contribution is 2.39. The first-order valence-corrected chi connectivity index (χ1v) is 7.27. The number of rotatable bonds is 3. The molecule has 0 aromatic heterocycles. The Morgan fingerprint density at radius 3 is 2.50 bits per heavy atom.